The van der Waals surface area contributed by atoms with E-state index in [4.69, 9.17) is 11.6 Å². The zero-order chi connectivity index (χ0) is 22.1. The van der Waals surface area contributed by atoms with Gasteiger partial charge in [-0.05, 0) is 23.3 Å². The molecule has 0 fully saturated rings. The first kappa shape index (κ1) is 21.1. The Morgan fingerprint density at radius 1 is 1.19 bits per heavy atom. The molecule has 1 N–H and O–H groups in total. The van der Waals surface area contributed by atoms with Gasteiger partial charge in [0.1, 0.15) is 5.82 Å². The summed E-state index contributed by atoms with van der Waals surface area (Å²) in [5.74, 6) is 0.227. The van der Waals surface area contributed by atoms with Gasteiger partial charge in [-0.25, -0.2) is 0 Å². The van der Waals surface area contributed by atoms with Gasteiger partial charge in [-0.2, -0.15) is 4.98 Å². The number of rotatable bonds is 5. The van der Waals surface area contributed by atoms with Gasteiger partial charge < -0.3 is 9.88 Å². The first-order chi connectivity index (χ1) is 14.8. The van der Waals surface area contributed by atoms with Gasteiger partial charge in [0.25, 0.3) is 11.2 Å². The molecular weight excluding hydrogens is 440 g/mol. The standard InChI is InChI=1S/C21H17ClN4O4S/c1-25-19-18(20(28)24-21(25)31-11-12-2-6-14(22)7-3-12)16(10-17(27)23-19)13-4-8-15(9-5-13)26(29)30/h2-9,16H,10-11H2,1H3,(H,23,27). The Hall–Kier alpha value is -3.17. The topological polar surface area (TPSA) is 107 Å². The molecule has 0 radical (unpaired) electrons. The van der Waals surface area contributed by atoms with Crippen molar-refractivity contribution in [1.82, 2.24) is 9.55 Å². The molecule has 0 aliphatic carbocycles. The van der Waals surface area contributed by atoms with Crippen molar-refractivity contribution in [3.05, 3.63) is 90.7 Å². The number of benzene rings is 2. The molecule has 1 amide bonds. The summed E-state index contributed by atoms with van der Waals surface area (Å²) in [6, 6.07) is 13.3. The number of amides is 1. The van der Waals surface area contributed by atoms with E-state index in [1.165, 1.54) is 23.9 Å². The highest BCUT2D eigenvalue weighted by molar-refractivity contribution is 7.98. The highest BCUT2D eigenvalue weighted by Gasteiger charge is 2.32. The first-order valence-electron chi connectivity index (χ1n) is 9.36. The van der Waals surface area contributed by atoms with Crippen molar-refractivity contribution in [2.75, 3.05) is 5.32 Å². The van der Waals surface area contributed by atoms with Crippen LogP contribution in [0.25, 0.3) is 0 Å². The van der Waals surface area contributed by atoms with Gasteiger partial charge in [0.2, 0.25) is 5.91 Å². The van der Waals surface area contributed by atoms with Crippen LogP contribution in [0.15, 0.2) is 58.5 Å². The maximum atomic E-state index is 12.9. The zero-order valence-electron chi connectivity index (χ0n) is 16.4. The van der Waals surface area contributed by atoms with Crippen LogP contribution in [0, 0.1) is 10.1 Å². The maximum Gasteiger partial charge on any atom is 0.279 e. The summed E-state index contributed by atoms with van der Waals surface area (Å²) in [5, 5.41) is 14.8. The number of nitro benzene ring substituents is 1. The third-order valence-electron chi connectivity index (χ3n) is 5.09. The number of fused-ring (bicyclic) bond motifs is 1. The Morgan fingerprint density at radius 3 is 2.52 bits per heavy atom. The van der Waals surface area contributed by atoms with E-state index in [2.05, 4.69) is 10.3 Å². The fourth-order valence-corrected chi connectivity index (χ4v) is 4.55. The van der Waals surface area contributed by atoms with Crippen molar-refractivity contribution in [3.63, 3.8) is 0 Å². The third-order valence-corrected chi connectivity index (χ3v) is 6.44. The lowest BCUT2D eigenvalue weighted by molar-refractivity contribution is -0.384. The monoisotopic (exact) mass is 456 g/mol. The number of carbonyl (C=O) groups is 1. The van der Waals surface area contributed by atoms with E-state index >= 15 is 0 Å². The molecule has 0 saturated carbocycles. The molecule has 0 bridgehead atoms. The van der Waals surface area contributed by atoms with Crippen molar-refractivity contribution >= 4 is 40.8 Å². The van der Waals surface area contributed by atoms with Crippen LogP contribution in [0.4, 0.5) is 11.5 Å². The quantitative estimate of drug-likeness (QED) is 0.268. The van der Waals surface area contributed by atoms with Gasteiger partial charge in [-0.15, -0.1) is 0 Å². The number of nitrogens with zero attached hydrogens (tertiary/aromatic N) is 3. The van der Waals surface area contributed by atoms with Crippen molar-refractivity contribution < 1.29 is 9.72 Å². The number of thioether (sulfide) groups is 1. The van der Waals surface area contributed by atoms with E-state index < -0.39 is 16.4 Å². The lowest BCUT2D eigenvalue weighted by Crippen LogP contribution is -2.33. The number of anilines is 1. The van der Waals surface area contributed by atoms with Crippen LogP contribution in [0.3, 0.4) is 0 Å². The molecule has 1 unspecified atom stereocenters. The number of non-ortho nitro benzene ring substituents is 1. The van der Waals surface area contributed by atoms with Crippen molar-refractivity contribution in [2.45, 2.75) is 23.2 Å². The van der Waals surface area contributed by atoms with Crippen LogP contribution >= 0.6 is 23.4 Å². The largest absolute Gasteiger partial charge is 0.312 e. The molecule has 1 aliphatic rings. The Bertz CT molecular complexity index is 1230. The highest BCUT2D eigenvalue weighted by atomic mass is 35.5. The van der Waals surface area contributed by atoms with E-state index in [9.17, 15) is 19.7 Å². The fourth-order valence-electron chi connectivity index (χ4n) is 3.51. The Kier molecular flexibility index (Phi) is 5.79. The average molecular weight is 457 g/mol. The summed E-state index contributed by atoms with van der Waals surface area (Å²) >= 11 is 7.30. The molecule has 8 nitrogen and oxygen atoms in total. The minimum Gasteiger partial charge on any atom is -0.312 e. The molecule has 31 heavy (non-hydrogen) atoms. The summed E-state index contributed by atoms with van der Waals surface area (Å²) in [7, 11) is 1.74. The molecule has 1 aliphatic heterocycles. The second kappa shape index (κ2) is 8.52. The highest BCUT2D eigenvalue weighted by Crippen LogP contribution is 2.36. The molecule has 0 spiro atoms. The van der Waals surface area contributed by atoms with E-state index in [-0.39, 0.29) is 18.0 Å². The predicted molar refractivity (Wildman–Crippen MR) is 119 cm³/mol. The van der Waals surface area contributed by atoms with Crippen LogP contribution in [0.1, 0.15) is 29.0 Å². The SMILES string of the molecule is Cn1c(SCc2ccc(Cl)cc2)nc(=O)c2c1NC(=O)CC2c1ccc([N+](=O)[O-])cc1. The van der Waals surface area contributed by atoms with Gasteiger partial charge in [0.15, 0.2) is 5.16 Å². The van der Waals surface area contributed by atoms with Crippen LogP contribution in [-0.4, -0.2) is 20.4 Å². The number of halogens is 1. The van der Waals surface area contributed by atoms with Gasteiger partial charge >= 0.3 is 0 Å². The smallest absolute Gasteiger partial charge is 0.279 e. The molecule has 3 aromatic rings. The molecule has 4 rings (SSSR count). The van der Waals surface area contributed by atoms with Crippen LogP contribution < -0.4 is 10.9 Å². The predicted octanol–water partition coefficient (Wildman–Crippen LogP) is 4.11. The molecule has 158 valence electrons. The number of nitrogens with one attached hydrogen (secondary N) is 1. The summed E-state index contributed by atoms with van der Waals surface area (Å²) in [6.45, 7) is 0. The van der Waals surface area contributed by atoms with E-state index in [0.29, 0.717) is 32.9 Å². The normalized spacial score (nSPS) is 15.3. The second-order valence-electron chi connectivity index (χ2n) is 7.09. The number of aromatic nitrogens is 2. The first-order valence-corrected chi connectivity index (χ1v) is 10.7. The van der Waals surface area contributed by atoms with E-state index in [1.807, 2.05) is 12.1 Å². The molecule has 2 heterocycles. The number of hydrogen-bond donors (Lipinski definition) is 1. The fraction of sp³-hybridized carbons (Fsp3) is 0.190. The third kappa shape index (κ3) is 4.33. The summed E-state index contributed by atoms with van der Waals surface area (Å²) in [5.41, 5.74) is 1.59. The van der Waals surface area contributed by atoms with Crippen LogP contribution in [0.2, 0.25) is 5.02 Å². The molecule has 2 aromatic carbocycles. The van der Waals surface area contributed by atoms with Gasteiger partial charge in [0.05, 0.1) is 10.5 Å². The summed E-state index contributed by atoms with van der Waals surface area (Å²) in [4.78, 5) is 40.0. The molecular formula is C21H17ClN4O4S. The lowest BCUT2D eigenvalue weighted by atomic mass is 9.86. The molecule has 1 atom stereocenters. The minimum absolute atomic E-state index is 0.0517. The second-order valence-corrected chi connectivity index (χ2v) is 8.47. The van der Waals surface area contributed by atoms with Crippen LogP contribution in [0.5, 0.6) is 0 Å². The Balaban J connectivity index is 1.68. The zero-order valence-corrected chi connectivity index (χ0v) is 17.9. The summed E-state index contributed by atoms with van der Waals surface area (Å²) < 4.78 is 1.70. The van der Waals surface area contributed by atoms with Crippen molar-refractivity contribution in [3.8, 4) is 0 Å². The van der Waals surface area contributed by atoms with Crippen molar-refractivity contribution in [1.29, 1.82) is 0 Å². The van der Waals surface area contributed by atoms with Gasteiger partial charge in [0, 0.05) is 42.3 Å². The number of hydrogen-bond acceptors (Lipinski definition) is 6. The van der Waals surface area contributed by atoms with E-state index in [1.54, 1.807) is 35.9 Å². The molecule has 1 aromatic heterocycles. The maximum absolute atomic E-state index is 12.9. The minimum atomic E-state index is -0.522. The van der Waals surface area contributed by atoms with Gasteiger partial charge in [-0.3, -0.25) is 19.7 Å². The van der Waals surface area contributed by atoms with Gasteiger partial charge in [-0.1, -0.05) is 47.6 Å². The average Bonchev–Trinajstić information content (AvgIpc) is 2.75. The Morgan fingerprint density at radius 2 is 1.87 bits per heavy atom. The van der Waals surface area contributed by atoms with Crippen molar-refractivity contribution in [2.24, 2.45) is 7.05 Å². The van der Waals surface area contributed by atoms with E-state index in [0.717, 1.165) is 5.56 Å². The Labute approximate surface area is 186 Å². The lowest BCUT2D eigenvalue weighted by Gasteiger charge is -2.27. The molecule has 0 saturated heterocycles. The molecule has 10 heteroatoms. The number of carbonyl (C=O) groups excluding carboxylic acids is 1. The number of nitro groups is 1. The van der Waals surface area contributed by atoms with Crippen LogP contribution in [-0.2, 0) is 17.6 Å². The summed E-state index contributed by atoms with van der Waals surface area (Å²) in [6.07, 6.45) is 0.0684.